The Labute approximate surface area is 181 Å². The van der Waals surface area contributed by atoms with Crippen LogP contribution >= 0.6 is 0 Å². The highest BCUT2D eigenvalue weighted by Crippen LogP contribution is 2.40. The second kappa shape index (κ2) is 8.73. The molecule has 0 bridgehead atoms. The number of amides is 1. The van der Waals surface area contributed by atoms with Crippen LogP contribution in [-0.2, 0) is 22.1 Å². The number of aromatic nitrogens is 2. The zero-order valence-electron chi connectivity index (χ0n) is 18.3. The van der Waals surface area contributed by atoms with Crippen molar-refractivity contribution in [2.45, 2.75) is 25.4 Å². The summed E-state index contributed by atoms with van der Waals surface area (Å²) in [5, 5.41) is 7.04. The van der Waals surface area contributed by atoms with E-state index < -0.39 is 28.2 Å². The van der Waals surface area contributed by atoms with E-state index >= 15 is 0 Å². The van der Waals surface area contributed by atoms with Gasteiger partial charge in [0.2, 0.25) is 11.7 Å². The SMILES string of the molecule is COc1cc(NC(=O)[C@@H]2C[C@H](c3cn(C)nc3C)NS(=O)(=O)N2C)cc(OC)c1OC. The first-order valence-corrected chi connectivity index (χ1v) is 10.9. The zero-order chi connectivity index (χ0) is 22.9. The fourth-order valence-corrected chi connectivity index (χ4v) is 4.92. The Kier molecular flexibility index (Phi) is 6.43. The zero-order valence-corrected chi connectivity index (χ0v) is 19.1. The van der Waals surface area contributed by atoms with E-state index in [0.717, 1.165) is 9.87 Å². The van der Waals surface area contributed by atoms with Crippen LogP contribution in [0.3, 0.4) is 0 Å². The number of ether oxygens (including phenoxy) is 3. The number of methoxy groups -OCH3 is 3. The number of benzene rings is 1. The Morgan fingerprint density at radius 3 is 2.26 bits per heavy atom. The average Bonchev–Trinajstić information content (AvgIpc) is 3.06. The van der Waals surface area contributed by atoms with E-state index in [1.165, 1.54) is 28.4 Å². The number of rotatable bonds is 6. The summed E-state index contributed by atoms with van der Waals surface area (Å²) in [5.41, 5.74) is 1.81. The molecule has 2 aromatic rings. The Morgan fingerprint density at radius 1 is 1.16 bits per heavy atom. The predicted octanol–water partition coefficient (Wildman–Crippen LogP) is 0.973. The average molecular weight is 454 g/mol. The topological polar surface area (TPSA) is 124 Å². The van der Waals surface area contributed by atoms with Crippen molar-refractivity contribution in [3.63, 3.8) is 0 Å². The molecule has 0 saturated carbocycles. The smallest absolute Gasteiger partial charge is 0.280 e. The third-order valence-electron chi connectivity index (χ3n) is 5.23. The van der Waals surface area contributed by atoms with Crippen molar-refractivity contribution in [2.24, 2.45) is 7.05 Å². The van der Waals surface area contributed by atoms with Gasteiger partial charge in [-0.1, -0.05) is 0 Å². The Hall–Kier alpha value is -2.83. The lowest BCUT2D eigenvalue weighted by Crippen LogP contribution is -2.56. The molecule has 12 heteroatoms. The normalized spacial score (nSPS) is 20.8. The van der Waals surface area contributed by atoms with Crippen LogP contribution in [0.1, 0.15) is 23.7 Å². The van der Waals surface area contributed by atoms with Crippen molar-refractivity contribution in [3.8, 4) is 17.2 Å². The standard InChI is InChI=1S/C19H27N5O6S/c1-11-13(10-23(2)21-11)14-9-15(24(3)31(26,27)22-14)19(25)20-12-7-16(28-4)18(30-6)17(8-12)29-5/h7-8,10,14-15,22H,9H2,1-6H3,(H,20,25)/t14-,15+/m1/s1. The number of hydrogen-bond donors (Lipinski definition) is 2. The van der Waals surface area contributed by atoms with Gasteiger partial charge < -0.3 is 19.5 Å². The predicted molar refractivity (Wildman–Crippen MR) is 114 cm³/mol. The van der Waals surface area contributed by atoms with Crippen LogP contribution < -0.4 is 24.2 Å². The van der Waals surface area contributed by atoms with Gasteiger partial charge >= 0.3 is 0 Å². The van der Waals surface area contributed by atoms with Crippen molar-refractivity contribution in [1.82, 2.24) is 18.8 Å². The van der Waals surface area contributed by atoms with Gasteiger partial charge in [-0.2, -0.15) is 22.5 Å². The van der Waals surface area contributed by atoms with Gasteiger partial charge in [0.25, 0.3) is 10.2 Å². The van der Waals surface area contributed by atoms with E-state index in [9.17, 15) is 13.2 Å². The Morgan fingerprint density at radius 2 is 1.77 bits per heavy atom. The third-order valence-corrected chi connectivity index (χ3v) is 6.83. The van der Waals surface area contributed by atoms with Gasteiger partial charge in [-0.15, -0.1) is 0 Å². The molecule has 1 aliphatic heterocycles. The van der Waals surface area contributed by atoms with E-state index in [4.69, 9.17) is 14.2 Å². The molecule has 2 N–H and O–H groups in total. The van der Waals surface area contributed by atoms with Crippen LogP contribution in [-0.4, -0.2) is 62.8 Å². The van der Waals surface area contributed by atoms with Gasteiger partial charge in [-0.3, -0.25) is 9.48 Å². The number of anilines is 1. The first-order valence-electron chi connectivity index (χ1n) is 9.47. The molecule has 0 radical (unpaired) electrons. The minimum Gasteiger partial charge on any atom is -0.493 e. The monoisotopic (exact) mass is 453 g/mol. The molecule has 1 aromatic carbocycles. The van der Waals surface area contributed by atoms with E-state index in [1.807, 2.05) is 0 Å². The van der Waals surface area contributed by atoms with E-state index in [0.29, 0.717) is 28.6 Å². The van der Waals surface area contributed by atoms with Crippen LogP contribution in [0.25, 0.3) is 0 Å². The van der Waals surface area contributed by atoms with Gasteiger partial charge in [-0.25, -0.2) is 0 Å². The minimum absolute atomic E-state index is 0.235. The summed E-state index contributed by atoms with van der Waals surface area (Å²) in [6.45, 7) is 1.80. The summed E-state index contributed by atoms with van der Waals surface area (Å²) in [5.74, 6) is 0.643. The van der Waals surface area contributed by atoms with Gasteiger partial charge in [0, 0.05) is 43.7 Å². The van der Waals surface area contributed by atoms with Crippen molar-refractivity contribution in [3.05, 3.63) is 29.6 Å². The first kappa shape index (κ1) is 22.8. The summed E-state index contributed by atoms with van der Waals surface area (Å²) < 4.78 is 46.5. The molecular weight excluding hydrogens is 426 g/mol. The second-order valence-corrected chi connectivity index (χ2v) is 8.95. The maximum absolute atomic E-state index is 13.1. The molecule has 3 rings (SSSR count). The van der Waals surface area contributed by atoms with Gasteiger partial charge in [0.05, 0.1) is 33.1 Å². The third kappa shape index (κ3) is 4.45. The maximum atomic E-state index is 13.1. The summed E-state index contributed by atoms with van der Waals surface area (Å²) in [7, 11) is 3.67. The number of nitrogens with zero attached hydrogens (tertiary/aromatic N) is 3. The van der Waals surface area contributed by atoms with Crippen LogP contribution in [0.15, 0.2) is 18.3 Å². The lowest BCUT2D eigenvalue weighted by atomic mass is 10.00. The highest BCUT2D eigenvalue weighted by molar-refractivity contribution is 7.87. The van der Waals surface area contributed by atoms with Crippen LogP contribution in [0.4, 0.5) is 5.69 Å². The van der Waals surface area contributed by atoms with Gasteiger partial charge in [0.1, 0.15) is 6.04 Å². The molecule has 170 valence electrons. The highest BCUT2D eigenvalue weighted by Gasteiger charge is 2.41. The largest absolute Gasteiger partial charge is 0.493 e. The number of carbonyl (C=O) groups excluding carboxylic acids is 1. The van der Waals surface area contributed by atoms with Crippen LogP contribution in [0.5, 0.6) is 17.2 Å². The summed E-state index contributed by atoms with van der Waals surface area (Å²) in [6, 6.07) is 1.65. The molecule has 0 unspecified atom stereocenters. The molecule has 1 saturated heterocycles. The van der Waals surface area contributed by atoms with Crippen LogP contribution in [0.2, 0.25) is 0 Å². The Balaban J connectivity index is 1.90. The number of carbonyl (C=O) groups is 1. The van der Waals surface area contributed by atoms with Crippen LogP contribution in [0, 0.1) is 6.92 Å². The number of hydrogen-bond acceptors (Lipinski definition) is 7. The number of likely N-dealkylation sites (N-methyl/N-ethyl adjacent to an activating group) is 1. The van der Waals surface area contributed by atoms with Gasteiger partial charge in [-0.05, 0) is 13.3 Å². The van der Waals surface area contributed by atoms with Crippen molar-refractivity contribution < 1.29 is 27.4 Å². The highest BCUT2D eigenvalue weighted by atomic mass is 32.2. The summed E-state index contributed by atoms with van der Waals surface area (Å²) >= 11 is 0. The van der Waals surface area contributed by atoms with Crippen molar-refractivity contribution in [2.75, 3.05) is 33.7 Å². The molecule has 11 nitrogen and oxygen atoms in total. The molecule has 1 amide bonds. The fraction of sp³-hybridized carbons (Fsp3) is 0.474. The Bertz CT molecular complexity index is 1060. The van der Waals surface area contributed by atoms with E-state index in [2.05, 4.69) is 15.1 Å². The lowest BCUT2D eigenvalue weighted by Gasteiger charge is -2.36. The minimum atomic E-state index is -3.87. The second-order valence-electron chi connectivity index (χ2n) is 7.19. The molecule has 2 atom stereocenters. The van der Waals surface area contributed by atoms with Crippen molar-refractivity contribution >= 4 is 21.8 Å². The molecular formula is C19H27N5O6S. The molecule has 1 fully saturated rings. The molecule has 1 aromatic heterocycles. The summed E-state index contributed by atoms with van der Waals surface area (Å²) in [6.07, 6.45) is 1.99. The van der Waals surface area contributed by atoms with E-state index in [1.54, 1.807) is 37.0 Å². The number of aryl methyl sites for hydroxylation is 2. The fourth-order valence-electron chi connectivity index (χ4n) is 3.65. The molecule has 2 heterocycles. The van der Waals surface area contributed by atoms with E-state index in [-0.39, 0.29) is 6.42 Å². The molecule has 0 aliphatic carbocycles. The molecule has 1 aliphatic rings. The summed E-state index contributed by atoms with van der Waals surface area (Å²) in [4.78, 5) is 13.1. The molecule has 0 spiro atoms. The first-order chi connectivity index (χ1) is 14.6. The van der Waals surface area contributed by atoms with Gasteiger partial charge in [0.15, 0.2) is 11.5 Å². The quantitative estimate of drug-likeness (QED) is 0.668. The lowest BCUT2D eigenvalue weighted by molar-refractivity contribution is -0.120. The maximum Gasteiger partial charge on any atom is 0.280 e. The molecule has 31 heavy (non-hydrogen) atoms. The van der Waals surface area contributed by atoms with Crippen molar-refractivity contribution in [1.29, 1.82) is 0 Å². The number of nitrogens with one attached hydrogen (secondary N) is 2.